The predicted molar refractivity (Wildman–Crippen MR) is 104 cm³/mol. The molecule has 1 unspecified atom stereocenters. The smallest absolute Gasteiger partial charge is 0.387 e. The highest BCUT2D eigenvalue weighted by atomic mass is 19.4. The molecule has 0 aliphatic heterocycles. The number of halogens is 6. The minimum Gasteiger partial charge on any atom is -0.387 e. The van der Waals surface area contributed by atoms with Crippen molar-refractivity contribution in [2.75, 3.05) is 10.6 Å². The summed E-state index contributed by atoms with van der Waals surface area (Å²) in [7, 11) is 3.37. The Morgan fingerprint density at radius 2 is 1.73 bits per heavy atom. The van der Waals surface area contributed by atoms with Crippen LogP contribution in [0.4, 0.5) is 38.2 Å². The normalized spacial score (nSPS) is 24.9. The molecule has 1 fully saturated rings. The van der Waals surface area contributed by atoms with E-state index in [1.165, 1.54) is 0 Å². The fourth-order valence-electron chi connectivity index (χ4n) is 3.29. The van der Waals surface area contributed by atoms with E-state index in [2.05, 4.69) is 25.6 Å². The average Bonchev–Trinajstić information content (AvgIpc) is 2.57. The van der Waals surface area contributed by atoms with Crippen LogP contribution < -0.4 is 10.6 Å². The van der Waals surface area contributed by atoms with E-state index in [0.717, 1.165) is 6.92 Å². The Hall–Kier alpha value is -1.98. The SMILES string of the molecule is BC1(B)CCC(c2nc(NC3CC(F)(F)C3)nc(N[C@@H](C)C(F)(F)F)n2)=C(F)C1O. The lowest BCUT2D eigenvalue weighted by atomic mass is 9.47. The monoisotopic (exact) mass is 435 g/mol. The van der Waals surface area contributed by atoms with Crippen molar-refractivity contribution in [3.63, 3.8) is 0 Å². The van der Waals surface area contributed by atoms with Crippen LogP contribution in [0.5, 0.6) is 0 Å². The molecule has 6 nitrogen and oxygen atoms in total. The summed E-state index contributed by atoms with van der Waals surface area (Å²) in [5.74, 6) is -4.65. The molecular weight excluding hydrogens is 414 g/mol. The number of nitrogens with one attached hydrogen (secondary N) is 2. The van der Waals surface area contributed by atoms with E-state index in [-0.39, 0.29) is 23.8 Å². The van der Waals surface area contributed by atoms with Crippen molar-refractivity contribution in [2.45, 2.75) is 68.1 Å². The lowest BCUT2D eigenvalue weighted by molar-refractivity contribution is -0.138. The summed E-state index contributed by atoms with van der Waals surface area (Å²) in [6.45, 7) is 0.857. The fourth-order valence-corrected chi connectivity index (χ4v) is 3.29. The molecule has 1 heterocycles. The summed E-state index contributed by atoms with van der Waals surface area (Å²) in [6.07, 6.45) is -6.42. The van der Waals surface area contributed by atoms with Crippen molar-refractivity contribution in [1.82, 2.24) is 15.0 Å². The maximum atomic E-state index is 14.8. The van der Waals surface area contributed by atoms with E-state index < -0.39 is 60.1 Å². The second kappa shape index (κ2) is 7.61. The number of aliphatic hydroxyl groups is 1. The summed E-state index contributed by atoms with van der Waals surface area (Å²) < 4.78 is 79.7. The highest BCUT2D eigenvalue weighted by Crippen LogP contribution is 2.44. The van der Waals surface area contributed by atoms with Gasteiger partial charge in [0.25, 0.3) is 5.92 Å². The Labute approximate surface area is 170 Å². The van der Waals surface area contributed by atoms with Gasteiger partial charge in [-0.05, 0) is 13.3 Å². The highest BCUT2D eigenvalue weighted by Gasteiger charge is 2.46. The molecule has 2 aliphatic rings. The zero-order valence-electron chi connectivity index (χ0n) is 16.6. The van der Waals surface area contributed by atoms with Gasteiger partial charge in [0.15, 0.2) is 5.82 Å². The number of anilines is 2. The van der Waals surface area contributed by atoms with Crippen LogP contribution in [0.25, 0.3) is 5.57 Å². The third-order valence-electron chi connectivity index (χ3n) is 5.45. The summed E-state index contributed by atoms with van der Waals surface area (Å²) >= 11 is 0. The van der Waals surface area contributed by atoms with Crippen molar-refractivity contribution >= 4 is 33.2 Å². The molecule has 0 amide bonds. The molecule has 1 aromatic rings. The first-order valence-electron chi connectivity index (χ1n) is 9.49. The molecule has 164 valence electrons. The van der Waals surface area contributed by atoms with E-state index in [9.17, 15) is 31.4 Å². The van der Waals surface area contributed by atoms with Crippen LogP contribution in [0.1, 0.15) is 38.4 Å². The number of aliphatic hydroxyl groups excluding tert-OH is 1. The standard InChI is InChI=1S/C16H21B2F6N5O/c1-6(16(22,23)24)25-12-27-11(8-2-3-15(17,18)10(30)9(8)19)28-13(29-12)26-7-4-14(20,21)5-7/h6-7,10,30H,2-5,17-18H2,1H3,(H2,25,26,27,28,29)/t6-,10?/m0/s1. The van der Waals surface area contributed by atoms with Crippen LogP contribution in [0.3, 0.4) is 0 Å². The van der Waals surface area contributed by atoms with Crippen molar-refractivity contribution in [3.8, 4) is 0 Å². The van der Waals surface area contributed by atoms with Gasteiger partial charge in [-0.2, -0.15) is 28.1 Å². The maximum absolute atomic E-state index is 14.8. The Balaban J connectivity index is 1.94. The molecule has 0 bridgehead atoms. The van der Waals surface area contributed by atoms with Gasteiger partial charge < -0.3 is 15.7 Å². The number of rotatable bonds is 5. The largest absolute Gasteiger partial charge is 0.408 e. The summed E-state index contributed by atoms with van der Waals surface area (Å²) in [5, 5.41) is 14.2. The van der Waals surface area contributed by atoms with Crippen molar-refractivity contribution in [2.24, 2.45) is 0 Å². The number of hydrogen-bond donors (Lipinski definition) is 3. The predicted octanol–water partition coefficient (Wildman–Crippen LogP) is 1.66. The first-order valence-corrected chi connectivity index (χ1v) is 9.49. The van der Waals surface area contributed by atoms with Gasteiger partial charge in [-0.1, -0.05) is 11.6 Å². The molecule has 3 rings (SSSR count). The second-order valence-corrected chi connectivity index (χ2v) is 8.54. The van der Waals surface area contributed by atoms with Crippen LogP contribution in [-0.2, 0) is 0 Å². The number of hydrogen-bond acceptors (Lipinski definition) is 6. The number of nitrogens with zero attached hydrogens (tertiary/aromatic N) is 3. The van der Waals surface area contributed by atoms with E-state index in [0.29, 0.717) is 6.42 Å². The van der Waals surface area contributed by atoms with E-state index >= 15 is 0 Å². The van der Waals surface area contributed by atoms with Gasteiger partial charge in [-0.3, -0.25) is 0 Å². The molecule has 3 N–H and O–H groups in total. The van der Waals surface area contributed by atoms with Crippen LogP contribution in [-0.4, -0.2) is 66.0 Å². The second-order valence-electron chi connectivity index (χ2n) is 8.54. The van der Waals surface area contributed by atoms with Crippen molar-refractivity contribution < 1.29 is 31.4 Å². The Morgan fingerprint density at radius 1 is 1.13 bits per heavy atom. The Bertz CT molecular complexity index is 842. The van der Waals surface area contributed by atoms with Crippen molar-refractivity contribution in [3.05, 3.63) is 11.7 Å². The average molecular weight is 435 g/mol. The lowest BCUT2D eigenvalue weighted by Crippen LogP contribution is -2.44. The molecule has 1 aromatic heterocycles. The number of aromatic nitrogens is 3. The molecule has 0 radical (unpaired) electrons. The quantitative estimate of drug-likeness (QED) is 0.483. The summed E-state index contributed by atoms with van der Waals surface area (Å²) in [6, 6.07) is -2.68. The third kappa shape index (κ3) is 4.84. The molecule has 30 heavy (non-hydrogen) atoms. The van der Waals surface area contributed by atoms with E-state index in [1.54, 1.807) is 15.7 Å². The summed E-state index contributed by atoms with van der Waals surface area (Å²) in [4.78, 5) is 11.7. The van der Waals surface area contributed by atoms with Crippen molar-refractivity contribution in [1.29, 1.82) is 0 Å². The van der Waals surface area contributed by atoms with E-state index in [1.807, 2.05) is 0 Å². The fraction of sp³-hybridized carbons (Fsp3) is 0.688. The van der Waals surface area contributed by atoms with Gasteiger partial charge in [-0.15, -0.1) is 0 Å². The number of alkyl halides is 5. The van der Waals surface area contributed by atoms with Gasteiger partial charge in [0.05, 0.1) is 6.10 Å². The lowest BCUT2D eigenvalue weighted by Gasteiger charge is -2.36. The first-order chi connectivity index (χ1) is 13.7. The molecule has 0 saturated heterocycles. The van der Waals surface area contributed by atoms with Gasteiger partial charge in [-0.25, -0.2) is 13.2 Å². The van der Waals surface area contributed by atoms with Crippen LogP contribution >= 0.6 is 0 Å². The van der Waals surface area contributed by atoms with Gasteiger partial charge >= 0.3 is 6.18 Å². The van der Waals surface area contributed by atoms with Gasteiger partial charge in [0.1, 0.15) is 27.6 Å². The van der Waals surface area contributed by atoms with Crippen LogP contribution in [0.15, 0.2) is 5.83 Å². The Kier molecular flexibility index (Phi) is 5.76. The molecule has 2 aliphatic carbocycles. The first kappa shape index (κ1) is 22.7. The summed E-state index contributed by atoms with van der Waals surface area (Å²) in [5.41, 5.74) is -0.0473. The topological polar surface area (TPSA) is 83.0 Å². The third-order valence-corrected chi connectivity index (χ3v) is 5.45. The molecule has 14 heteroatoms. The zero-order chi connectivity index (χ0) is 22.5. The van der Waals surface area contributed by atoms with Gasteiger partial charge in [0, 0.05) is 24.5 Å². The minimum absolute atomic E-state index is 0.0473. The number of allylic oxidation sites excluding steroid dienone is 1. The molecule has 0 aromatic carbocycles. The van der Waals surface area contributed by atoms with E-state index in [4.69, 9.17) is 0 Å². The van der Waals surface area contributed by atoms with Crippen LogP contribution in [0, 0.1) is 0 Å². The molecule has 1 saturated carbocycles. The zero-order valence-corrected chi connectivity index (χ0v) is 16.6. The molecule has 0 spiro atoms. The highest BCUT2D eigenvalue weighted by molar-refractivity contribution is 6.40. The van der Waals surface area contributed by atoms with Crippen LogP contribution in [0.2, 0.25) is 5.21 Å². The van der Waals surface area contributed by atoms with Gasteiger partial charge in [0.2, 0.25) is 11.9 Å². The maximum Gasteiger partial charge on any atom is 0.408 e. The molecule has 2 atom stereocenters. The molecular formula is C16H21B2F6N5O. The Morgan fingerprint density at radius 3 is 2.30 bits per heavy atom. The minimum atomic E-state index is -4.59.